The van der Waals surface area contributed by atoms with Gasteiger partial charge in [-0.05, 0) is 18.0 Å². The van der Waals surface area contributed by atoms with Crippen LogP contribution in [0.4, 0.5) is 10.8 Å². The highest BCUT2D eigenvalue weighted by molar-refractivity contribution is 8.00. The zero-order valence-corrected chi connectivity index (χ0v) is 11.2. The topological polar surface area (TPSA) is 51.4 Å². The van der Waals surface area contributed by atoms with Crippen molar-refractivity contribution in [1.82, 2.24) is 4.37 Å². The van der Waals surface area contributed by atoms with Gasteiger partial charge in [-0.3, -0.25) is 0 Å². The van der Waals surface area contributed by atoms with Crippen molar-refractivity contribution in [2.45, 2.75) is 18.6 Å². The van der Waals surface area contributed by atoms with Crippen LogP contribution in [0, 0.1) is 0 Å². The van der Waals surface area contributed by atoms with Crippen LogP contribution in [0.3, 0.4) is 0 Å². The average Bonchev–Trinajstić information content (AvgIpc) is 2.70. The third-order valence-corrected chi connectivity index (χ3v) is 5.02. The lowest BCUT2D eigenvalue weighted by Crippen LogP contribution is -2.37. The summed E-state index contributed by atoms with van der Waals surface area (Å²) in [7, 11) is 1.65. The molecule has 2 N–H and O–H groups in total. The zero-order valence-electron chi connectivity index (χ0n) is 9.60. The van der Waals surface area contributed by atoms with Crippen molar-refractivity contribution in [3.63, 3.8) is 0 Å². The number of aromatic nitrogens is 1. The number of nitrogen functional groups attached to an aromatic ring is 1. The third kappa shape index (κ3) is 2.22. The molecule has 0 amide bonds. The molecule has 1 atom stereocenters. The third-order valence-electron chi connectivity index (χ3n) is 2.74. The molecule has 1 unspecified atom stereocenters. The fourth-order valence-corrected chi connectivity index (χ4v) is 3.83. The highest BCUT2D eigenvalue weighted by Crippen LogP contribution is 2.39. The van der Waals surface area contributed by atoms with E-state index in [2.05, 4.69) is 28.0 Å². The lowest BCUT2D eigenvalue weighted by Gasteiger charge is -2.32. The lowest BCUT2D eigenvalue weighted by atomic mass is 10.3. The maximum atomic E-state index is 5.77. The number of ether oxygens (including phenoxy) is 1. The quantitative estimate of drug-likeness (QED) is 0.900. The highest BCUT2D eigenvalue weighted by Gasteiger charge is 2.24. The van der Waals surface area contributed by atoms with E-state index in [1.54, 1.807) is 7.11 Å². The van der Waals surface area contributed by atoms with E-state index in [-0.39, 0.29) is 0 Å². The van der Waals surface area contributed by atoms with Gasteiger partial charge in [-0.1, -0.05) is 6.92 Å². The van der Waals surface area contributed by atoms with Crippen molar-refractivity contribution in [1.29, 1.82) is 0 Å². The summed E-state index contributed by atoms with van der Waals surface area (Å²) in [6.07, 6.45) is 1.21. The average molecular weight is 259 g/mol. The first-order valence-electron chi connectivity index (χ1n) is 5.42. The van der Waals surface area contributed by atoms with Crippen LogP contribution in [0.15, 0.2) is 0 Å². The second-order valence-electron chi connectivity index (χ2n) is 3.75. The fourth-order valence-electron chi connectivity index (χ4n) is 1.83. The Labute approximate surface area is 104 Å². The molecule has 0 spiro atoms. The summed E-state index contributed by atoms with van der Waals surface area (Å²) in [5.74, 6) is 2.42. The minimum Gasteiger partial charge on any atom is -0.490 e. The van der Waals surface area contributed by atoms with E-state index in [1.807, 2.05) is 0 Å². The van der Waals surface area contributed by atoms with Crippen LogP contribution in [0.1, 0.15) is 13.3 Å². The molecule has 1 saturated heterocycles. The summed E-state index contributed by atoms with van der Waals surface area (Å²) < 4.78 is 9.47. The Hall–Kier alpha value is -0.620. The van der Waals surface area contributed by atoms with Crippen LogP contribution in [0.25, 0.3) is 0 Å². The number of hydrogen-bond donors (Lipinski definition) is 1. The van der Waals surface area contributed by atoms with Crippen molar-refractivity contribution in [3.8, 4) is 5.75 Å². The monoisotopic (exact) mass is 259 g/mol. The van der Waals surface area contributed by atoms with E-state index in [9.17, 15) is 0 Å². The van der Waals surface area contributed by atoms with Gasteiger partial charge in [-0.15, -0.1) is 0 Å². The summed E-state index contributed by atoms with van der Waals surface area (Å²) in [4.78, 5) is 2.34. The molecule has 0 saturated carbocycles. The Kier molecular flexibility index (Phi) is 3.81. The molecule has 2 rings (SSSR count). The van der Waals surface area contributed by atoms with Gasteiger partial charge in [-0.25, -0.2) is 0 Å². The molecule has 0 bridgehead atoms. The minimum atomic E-state index is 0.508. The van der Waals surface area contributed by atoms with E-state index in [0.717, 1.165) is 23.8 Å². The molecule has 1 aromatic rings. The van der Waals surface area contributed by atoms with Crippen LogP contribution in [0.5, 0.6) is 5.75 Å². The fraction of sp³-hybridized carbons (Fsp3) is 0.700. The summed E-state index contributed by atoms with van der Waals surface area (Å²) in [5.41, 5.74) is 5.77. The maximum absolute atomic E-state index is 5.77. The molecule has 4 nitrogen and oxygen atoms in total. The van der Waals surface area contributed by atoms with E-state index in [1.165, 1.54) is 23.7 Å². The molecule has 16 heavy (non-hydrogen) atoms. The van der Waals surface area contributed by atoms with Crippen molar-refractivity contribution >= 4 is 34.1 Å². The summed E-state index contributed by atoms with van der Waals surface area (Å²) in [6.45, 7) is 4.36. The van der Waals surface area contributed by atoms with Crippen LogP contribution in [-0.2, 0) is 0 Å². The summed E-state index contributed by atoms with van der Waals surface area (Å²) in [6, 6.07) is 0. The molecule has 6 heteroatoms. The Morgan fingerprint density at radius 1 is 1.62 bits per heavy atom. The molecule has 0 aliphatic carbocycles. The van der Waals surface area contributed by atoms with Crippen LogP contribution in [0.2, 0.25) is 0 Å². The normalized spacial score (nSPS) is 21.1. The number of thioether (sulfide) groups is 1. The van der Waals surface area contributed by atoms with Gasteiger partial charge in [0.25, 0.3) is 0 Å². The number of methoxy groups -OCH3 is 1. The second kappa shape index (κ2) is 5.14. The molecular formula is C10H17N3OS2. The number of rotatable bonds is 3. The van der Waals surface area contributed by atoms with Gasteiger partial charge in [0.1, 0.15) is 0 Å². The Bertz CT molecular complexity index is 356. The molecule has 2 heterocycles. The van der Waals surface area contributed by atoms with E-state index in [0.29, 0.717) is 11.1 Å². The van der Waals surface area contributed by atoms with Crippen LogP contribution in [-0.4, -0.2) is 35.6 Å². The Morgan fingerprint density at radius 2 is 2.44 bits per heavy atom. The van der Waals surface area contributed by atoms with Gasteiger partial charge < -0.3 is 15.4 Å². The lowest BCUT2D eigenvalue weighted by molar-refractivity contribution is 0.417. The predicted octanol–water partition coefficient (Wildman–Crippen LogP) is 2.07. The molecule has 1 fully saturated rings. The number of anilines is 2. The molecule has 90 valence electrons. The van der Waals surface area contributed by atoms with Crippen molar-refractivity contribution in [3.05, 3.63) is 0 Å². The first-order valence-corrected chi connectivity index (χ1v) is 7.24. The molecule has 1 aliphatic heterocycles. The van der Waals surface area contributed by atoms with E-state index >= 15 is 0 Å². The van der Waals surface area contributed by atoms with Gasteiger partial charge in [0.2, 0.25) is 0 Å². The van der Waals surface area contributed by atoms with E-state index < -0.39 is 0 Å². The molecular weight excluding hydrogens is 242 g/mol. The van der Waals surface area contributed by atoms with Gasteiger partial charge in [-0.2, -0.15) is 16.1 Å². The number of nitrogens with two attached hydrogens (primary N) is 1. The van der Waals surface area contributed by atoms with Gasteiger partial charge >= 0.3 is 0 Å². The first kappa shape index (κ1) is 11.9. The maximum Gasteiger partial charge on any atom is 0.197 e. The van der Waals surface area contributed by atoms with Crippen LogP contribution < -0.4 is 15.4 Å². The zero-order chi connectivity index (χ0) is 11.5. The Morgan fingerprint density at radius 3 is 3.12 bits per heavy atom. The first-order chi connectivity index (χ1) is 7.76. The van der Waals surface area contributed by atoms with Crippen molar-refractivity contribution < 1.29 is 4.74 Å². The molecule has 1 aliphatic rings. The van der Waals surface area contributed by atoms with Gasteiger partial charge in [0.15, 0.2) is 16.6 Å². The van der Waals surface area contributed by atoms with Crippen molar-refractivity contribution in [2.75, 3.05) is 36.6 Å². The Balaban J connectivity index is 2.16. The number of hydrogen-bond acceptors (Lipinski definition) is 6. The number of nitrogens with zero attached hydrogens (tertiary/aromatic N) is 2. The van der Waals surface area contributed by atoms with E-state index in [4.69, 9.17) is 10.5 Å². The van der Waals surface area contributed by atoms with Gasteiger partial charge in [0.05, 0.1) is 7.11 Å². The predicted molar refractivity (Wildman–Crippen MR) is 71.8 cm³/mol. The summed E-state index contributed by atoms with van der Waals surface area (Å²) >= 11 is 3.49. The standard InChI is InChI=1S/C10H17N3OS2/c1-3-7-6-13(4-5-15-7)10-8(14-2)9(11)12-16-10/h7H,3-6H2,1-2H3,(H2,11,12). The SMILES string of the molecule is CCC1CN(c2snc(N)c2OC)CCS1. The molecule has 0 aromatic carbocycles. The minimum absolute atomic E-state index is 0.508. The summed E-state index contributed by atoms with van der Waals surface area (Å²) in [5, 5.41) is 1.79. The van der Waals surface area contributed by atoms with Crippen molar-refractivity contribution in [2.24, 2.45) is 0 Å². The highest BCUT2D eigenvalue weighted by atomic mass is 32.2. The second-order valence-corrected chi connectivity index (χ2v) is 5.91. The largest absolute Gasteiger partial charge is 0.490 e. The molecule has 1 aromatic heterocycles. The smallest absolute Gasteiger partial charge is 0.197 e. The van der Waals surface area contributed by atoms with Gasteiger partial charge in [0, 0.05) is 24.1 Å². The van der Waals surface area contributed by atoms with Crippen LogP contribution >= 0.6 is 23.3 Å². The molecule has 0 radical (unpaired) electrons.